The number of aromatic carboxylic acids is 1. The van der Waals surface area contributed by atoms with Gasteiger partial charge in [-0.2, -0.15) is 13.2 Å². The number of aromatic nitrogens is 2. The summed E-state index contributed by atoms with van der Waals surface area (Å²) in [6.45, 7) is 3.82. The predicted molar refractivity (Wildman–Crippen MR) is 137 cm³/mol. The van der Waals surface area contributed by atoms with Crippen LogP contribution in [-0.4, -0.2) is 39.2 Å². The number of amides is 1. The smallest absolute Gasteiger partial charge is 0.416 e. The van der Waals surface area contributed by atoms with Crippen LogP contribution >= 0.6 is 0 Å². The van der Waals surface area contributed by atoms with Crippen molar-refractivity contribution in [1.82, 2.24) is 14.9 Å². The highest BCUT2D eigenvalue weighted by Crippen LogP contribution is 2.40. The van der Waals surface area contributed by atoms with E-state index in [2.05, 4.69) is 17.2 Å². The third-order valence-corrected chi connectivity index (χ3v) is 6.42. The molecule has 204 valence electrons. The zero-order valence-electron chi connectivity index (χ0n) is 21.7. The minimum absolute atomic E-state index is 0.124. The SMILES string of the molecule is COC(C)(C)C#Cc1nc(C2CC2)n(Cc2ccc(C(F)(F)F)cc2)c1C(=O)NCc1ccc(C(=O)O)cc1. The summed E-state index contributed by atoms with van der Waals surface area (Å²) in [5, 5.41) is 11.9. The second-order valence-electron chi connectivity index (χ2n) is 9.87. The monoisotopic (exact) mass is 539 g/mol. The van der Waals surface area contributed by atoms with Gasteiger partial charge in [0, 0.05) is 26.1 Å². The fourth-order valence-corrected chi connectivity index (χ4v) is 3.87. The molecule has 1 aromatic heterocycles. The van der Waals surface area contributed by atoms with Gasteiger partial charge in [-0.3, -0.25) is 4.79 Å². The van der Waals surface area contributed by atoms with Crippen molar-refractivity contribution >= 4 is 11.9 Å². The number of alkyl halides is 3. The van der Waals surface area contributed by atoms with Crippen molar-refractivity contribution in [2.75, 3.05) is 7.11 Å². The molecule has 0 radical (unpaired) electrons. The molecule has 1 fully saturated rings. The fraction of sp³-hybridized carbons (Fsp3) is 0.345. The summed E-state index contributed by atoms with van der Waals surface area (Å²) >= 11 is 0. The van der Waals surface area contributed by atoms with E-state index in [-0.39, 0.29) is 36.0 Å². The lowest BCUT2D eigenvalue weighted by Crippen LogP contribution is -2.27. The highest BCUT2D eigenvalue weighted by atomic mass is 19.4. The molecule has 0 saturated heterocycles. The van der Waals surface area contributed by atoms with Crippen molar-refractivity contribution < 1.29 is 32.6 Å². The molecule has 1 aliphatic rings. The van der Waals surface area contributed by atoms with E-state index >= 15 is 0 Å². The van der Waals surface area contributed by atoms with Gasteiger partial charge in [0.25, 0.3) is 5.91 Å². The van der Waals surface area contributed by atoms with Crippen LogP contribution in [0.2, 0.25) is 0 Å². The average Bonchev–Trinajstić information content (AvgIpc) is 3.68. The number of ether oxygens (including phenoxy) is 1. The fourth-order valence-electron chi connectivity index (χ4n) is 3.87. The number of hydrogen-bond donors (Lipinski definition) is 2. The number of halogens is 3. The Hall–Kier alpha value is -4.10. The maximum Gasteiger partial charge on any atom is 0.416 e. The lowest BCUT2D eigenvalue weighted by molar-refractivity contribution is -0.137. The summed E-state index contributed by atoms with van der Waals surface area (Å²) in [5.41, 5.74) is 0.323. The van der Waals surface area contributed by atoms with Crippen LogP contribution in [0, 0.1) is 11.8 Å². The number of carbonyl (C=O) groups is 2. The molecular formula is C29H28F3N3O4. The standard InChI is InChI=1S/C29H28F3N3O4/c1-28(2,39-3)15-14-23-24(26(36)33-16-18-4-8-21(9-5-18)27(37)38)35(25(34-23)20-10-11-20)17-19-6-12-22(13-7-19)29(30,31)32/h4-9,12-13,20H,10-11,16-17H2,1-3H3,(H,33,36)(H,37,38). The quantitative estimate of drug-likeness (QED) is 0.383. The van der Waals surface area contributed by atoms with E-state index in [1.54, 1.807) is 30.5 Å². The number of rotatable bonds is 8. The molecule has 10 heteroatoms. The van der Waals surface area contributed by atoms with Crippen molar-refractivity contribution in [3.05, 3.63) is 88.0 Å². The highest BCUT2D eigenvalue weighted by molar-refractivity contribution is 5.95. The van der Waals surface area contributed by atoms with Gasteiger partial charge in [-0.25, -0.2) is 9.78 Å². The summed E-state index contributed by atoms with van der Waals surface area (Å²) in [6.07, 6.45) is -2.67. The number of nitrogens with one attached hydrogen (secondary N) is 1. The van der Waals surface area contributed by atoms with E-state index in [0.717, 1.165) is 25.0 Å². The second-order valence-corrected chi connectivity index (χ2v) is 9.87. The first-order valence-electron chi connectivity index (χ1n) is 12.3. The maximum atomic E-state index is 13.5. The minimum Gasteiger partial charge on any atom is -0.478 e. The van der Waals surface area contributed by atoms with Gasteiger partial charge in [-0.05, 0) is 68.0 Å². The third kappa shape index (κ3) is 6.86. The summed E-state index contributed by atoms with van der Waals surface area (Å²) in [4.78, 5) is 29.4. The molecule has 2 aromatic carbocycles. The van der Waals surface area contributed by atoms with E-state index < -0.39 is 29.2 Å². The topological polar surface area (TPSA) is 93.5 Å². The Labute approximate surface area is 224 Å². The summed E-state index contributed by atoms with van der Waals surface area (Å²) in [6, 6.07) is 11.0. The Morgan fingerprint density at radius 3 is 2.23 bits per heavy atom. The molecule has 4 rings (SSSR count). The Morgan fingerprint density at radius 2 is 1.69 bits per heavy atom. The van der Waals surface area contributed by atoms with Gasteiger partial charge in [0.2, 0.25) is 0 Å². The molecular weight excluding hydrogens is 511 g/mol. The first-order chi connectivity index (χ1) is 18.4. The van der Waals surface area contributed by atoms with Crippen molar-refractivity contribution in [3.63, 3.8) is 0 Å². The molecule has 0 bridgehead atoms. The largest absolute Gasteiger partial charge is 0.478 e. The van der Waals surface area contributed by atoms with Crippen molar-refractivity contribution in [3.8, 4) is 11.8 Å². The molecule has 0 atom stereocenters. The maximum absolute atomic E-state index is 13.5. The van der Waals surface area contributed by atoms with Crippen LogP contribution < -0.4 is 5.32 Å². The number of nitrogens with zero attached hydrogens (tertiary/aromatic N) is 2. The third-order valence-electron chi connectivity index (χ3n) is 6.42. The molecule has 0 aliphatic heterocycles. The van der Waals surface area contributed by atoms with E-state index in [0.29, 0.717) is 17.0 Å². The lowest BCUT2D eigenvalue weighted by atomic mass is 10.1. The summed E-state index contributed by atoms with van der Waals surface area (Å²) < 4.78 is 46.3. The zero-order valence-corrected chi connectivity index (χ0v) is 21.7. The van der Waals surface area contributed by atoms with Gasteiger partial charge < -0.3 is 19.7 Å². The zero-order chi connectivity index (χ0) is 28.4. The van der Waals surface area contributed by atoms with E-state index in [1.165, 1.54) is 31.4 Å². The van der Waals surface area contributed by atoms with E-state index in [1.807, 2.05) is 0 Å². The lowest BCUT2D eigenvalue weighted by Gasteiger charge is -2.14. The van der Waals surface area contributed by atoms with Crippen LogP contribution in [0.25, 0.3) is 0 Å². The van der Waals surface area contributed by atoms with Crippen molar-refractivity contribution in [1.29, 1.82) is 0 Å². The predicted octanol–water partition coefficient (Wildman–Crippen LogP) is 5.23. The average molecular weight is 540 g/mol. The molecule has 3 aromatic rings. The molecule has 39 heavy (non-hydrogen) atoms. The summed E-state index contributed by atoms with van der Waals surface area (Å²) in [7, 11) is 1.52. The first kappa shape index (κ1) is 27.9. The number of imidazole rings is 1. The van der Waals surface area contributed by atoms with Gasteiger partial charge in [-0.1, -0.05) is 30.2 Å². The normalized spacial score (nSPS) is 13.5. The number of carboxylic acid groups (broad SMARTS) is 1. The van der Waals surface area contributed by atoms with Crippen LogP contribution in [0.5, 0.6) is 0 Å². The number of benzene rings is 2. The summed E-state index contributed by atoms with van der Waals surface area (Å²) in [5.74, 6) is 5.25. The molecule has 1 heterocycles. The molecule has 0 unspecified atom stereocenters. The molecule has 1 amide bonds. The highest BCUT2D eigenvalue weighted by Gasteiger charge is 2.34. The number of carbonyl (C=O) groups excluding carboxylic acids is 1. The van der Waals surface area contributed by atoms with Crippen LogP contribution in [0.1, 0.15) is 81.7 Å². The molecule has 7 nitrogen and oxygen atoms in total. The van der Waals surface area contributed by atoms with Gasteiger partial charge in [0.05, 0.1) is 11.1 Å². The Bertz CT molecular complexity index is 1430. The van der Waals surface area contributed by atoms with Gasteiger partial charge >= 0.3 is 12.1 Å². The van der Waals surface area contributed by atoms with E-state index in [9.17, 15) is 22.8 Å². The van der Waals surface area contributed by atoms with Gasteiger partial charge in [-0.15, -0.1) is 0 Å². The van der Waals surface area contributed by atoms with Crippen molar-refractivity contribution in [2.45, 2.75) is 57.5 Å². The Morgan fingerprint density at radius 1 is 1.08 bits per heavy atom. The number of carboxylic acids is 1. The van der Waals surface area contributed by atoms with Crippen LogP contribution in [0.3, 0.4) is 0 Å². The van der Waals surface area contributed by atoms with Crippen LogP contribution in [0.4, 0.5) is 13.2 Å². The minimum atomic E-state index is -4.45. The number of hydrogen-bond acceptors (Lipinski definition) is 4. The van der Waals surface area contributed by atoms with Crippen molar-refractivity contribution in [2.24, 2.45) is 0 Å². The second kappa shape index (κ2) is 10.9. The van der Waals surface area contributed by atoms with Gasteiger partial charge in [0.1, 0.15) is 22.8 Å². The Kier molecular flexibility index (Phi) is 7.84. The van der Waals surface area contributed by atoms with E-state index in [4.69, 9.17) is 14.8 Å². The number of methoxy groups -OCH3 is 1. The molecule has 0 spiro atoms. The molecule has 1 saturated carbocycles. The van der Waals surface area contributed by atoms with Crippen LogP contribution in [-0.2, 0) is 24.0 Å². The van der Waals surface area contributed by atoms with Gasteiger partial charge in [0.15, 0.2) is 0 Å². The van der Waals surface area contributed by atoms with Crippen LogP contribution in [0.15, 0.2) is 48.5 Å². The molecule has 2 N–H and O–H groups in total. The Balaban J connectivity index is 1.70. The molecule has 1 aliphatic carbocycles. The first-order valence-corrected chi connectivity index (χ1v) is 12.3.